The smallest absolute Gasteiger partial charge is 0.341 e. The van der Waals surface area contributed by atoms with Crippen LogP contribution in [0.2, 0.25) is 20.1 Å². The van der Waals surface area contributed by atoms with Crippen molar-refractivity contribution in [1.82, 2.24) is 0 Å². The number of nitro groups is 1. The van der Waals surface area contributed by atoms with Crippen molar-refractivity contribution in [2.45, 2.75) is 0 Å². The summed E-state index contributed by atoms with van der Waals surface area (Å²) in [5.74, 6) is -1.68. The highest BCUT2D eigenvalue weighted by Gasteiger charge is 2.20. The van der Waals surface area contributed by atoms with E-state index in [9.17, 15) is 19.7 Å². The van der Waals surface area contributed by atoms with Crippen molar-refractivity contribution in [2.24, 2.45) is 0 Å². The normalized spacial score (nSPS) is 10.3. The minimum absolute atomic E-state index is 0.0122. The minimum Gasteiger partial charge on any atom is -0.452 e. The Morgan fingerprint density at radius 3 is 2.31 bits per heavy atom. The monoisotopic (exact) mass is 436 g/mol. The Morgan fingerprint density at radius 1 is 1.04 bits per heavy atom. The quantitative estimate of drug-likeness (QED) is 0.307. The molecule has 0 saturated heterocycles. The number of hydrogen-bond acceptors (Lipinski definition) is 5. The molecule has 1 amide bonds. The number of nitrogens with one attached hydrogen (secondary N) is 1. The van der Waals surface area contributed by atoms with E-state index in [4.69, 9.17) is 51.1 Å². The van der Waals surface area contributed by atoms with Crippen LogP contribution in [0.3, 0.4) is 0 Å². The number of nitrogens with zero attached hydrogens (tertiary/aromatic N) is 1. The maximum Gasteiger partial charge on any atom is 0.341 e. The summed E-state index contributed by atoms with van der Waals surface area (Å²) in [7, 11) is 0. The molecule has 11 heteroatoms. The Labute approximate surface area is 166 Å². The molecule has 0 saturated carbocycles. The van der Waals surface area contributed by atoms with Crippen LogP contribution < -0.4 is 5.32 Å². The molecular formula is C15H8Cl4N2O5. The average Bonchev–Trinajstić information content (AvgIpc) is 2.58. The average molecular weight is 438 g/mol. The van der Waals surface area contributed by atoms with Crippen molar-refractivity contribution >= 4 is 69.7 Å². The highest BCUT2D eigenvalue weighted by atomic mass is 35.5. The van der Waals surface area contributed by atoms with Crippen molar-refractivity contribution in [3.05, 3.63) is 66.1 Å². The molecular weight excluding hydrogens is 430 g/mol. The fourth-order valence-electron chi connectivity index (χ4n) is 1.84. The van der Waals surface area contributed by atoms with Gasteiger partial charge < -0.3 is 10.1 Å². The fourth-order valence-corrected chi connectivity index (χ4v) is 2.71. The summed E-state index contributed by atoms with van der Waals surface area (Å²) < 4.78 is 4.84. The molecule has 2 rings (SSSR count). The lowest BCUT2D eigenvalue weighted by atomic mass is 10.2. The van der Waals surface area contributed by atoms with Crippen LogP contribution in [-0.4, -0.2) is 23.4 Å². The summed E-state index contributed by atoms with van der Waals surface area (Å²) in [4.78, 5) is 34.0. The molecule has 0 aliphatic carbocycles. The number of anilines is 1. The van der Waals surface area contributed by atoms with Gasteiger partial charge in [-0.25, -0.2) is 4.79 Å². The maximum atomic E-state index is 12.0. The van der Waals surface area contributed by atoms with Gasteiger partial charge in [-0.2, -0.15) is 0 Å². The van der Waals surface area contributed by atoms with E-state index in [1.165, 1.54) is 24.3 Å². The lowest BCUT2D eigenvalue weighted by Gasteiger charge is -2.09. The van der Waals surface area contributed by atoms with E-state index in [1.54, 1.807) is 0 Å². The van der Waals surface area contributed by atoms with E-state index in [2.05, 4.69) is 5.32 Å². The Bertz CT molecular complexity index is 904. The molecule has 0 spiro atoms. The van der Waals surface area contributed by atoms with E-state index in [-0.39, 0.29) is 37.0 Å². The van der Waals surface area contributed by atoms with Gasteiger partial charge in [-0.3, -0.25) is 14.9 Å². The van der Waals surface area contributed by atoms with Crippen molar-refractivity contribution in [3.8, 4) is 0 Å². The lowest BCUT2D eigenvalue weighted by molar-refractivity contribution is -0.384. The van der Waals surface area contributed by atoms with Gasteiger partial charge in [0, 0.05) is 11.8 Å². The van der Waals surface area contributed by atoms with Crippen LogP contribution in [0.4, 0.5) is 11.4 Å². The number of ether oxygens (including phenoxy) is 1. The summed E-state index contributed by atoms with van der Waals surface area (Å²) >= 11 is 23.3. The minimum atomic E-state index is -0.945. The van der Waals surface area contributed by atoms with Gasteiger partial charge in [0.25, 0.3) is 11.6 Å². The molecule has 0 aromatic heterocycles. The van der Waals surface area contributed by atoms with Crippen molar-refractivity contribution in [2.75, 3.05) is 11.9 Å². The van der Waals surface area contributed by atoms with Gasteiger partial charge in [-0.1, -0.05) is 46.4 Å². The summed E-state index contributed by atoms with van der Waals surface area (Å²) in [6.07, 6.45) is 0. The second-order valence-electron chi connectivity index (χ2n) is 4.77. The molecule has 0 radical (unpaired) electrons. The van der Waals surface area contributed by atoms with Crippen LogP contribution in [0.5, 0.6) is 0 Å². The molecule has 0 atom stereocenters. The predicted octanol–water partition coefficient (Wildman–Crippen LogP) is 5.00. The molecule has 1 N–H and O–H groups in total. The van der Waals surface area contributed by atoms with Crippen molar-refractivity contribution < 1.29 is 19.2 Å². The van der Waals surface area contributed by atoms with E-state index in [0.717, 1.165) is 6.07 Å². The van der Waals surface area contributed by atoms with Crippen LogP contribution in [-0.2, 0) is 9.53 Å². The number of halogens is 4. The number of hydrogen-bond donors (Lipinski definition) is 1. The molecule has 0 aliphatic rings. The number of benzene rings is 2. The van der Waals surface area contributed by atoms with E-state index < -0.39 is 23.4 Å². The zero-order valence-corrected chi connectivity index (χ0v) is 15.6. The first-order valence-electron chi connectivity index (χ1n) is 6.75. The molecule has 0 aliphatic heterocycles. The fraction of sp³-hybridized carbons (Fsp3) is 0.0667. The number of rotatable bonds is 5. The number of esters is 1. The second-order valence-corrected chi connectivity index (χ2v) is 6.37. The Hall–Kier alpha value is -2.06. The molecule has 2 aromatic carbocycles. The number of nitro benzene ring substituents is 1. The predicted molar refractivity (Wildman–Crippen MR) is 98.5 cm³/mol. The zero-order chi connectivity index (χ0) is 19.4. The third-order valence-electron chi connectivity index (χ3n) is 3.01. The van der Waals surface area contributed by atoms with Gasteiger partial charge >= 0.3 is 5.97 Å². The Morgan fingerprint density at radius 2 is 1.65 bits per heavy atom. The Balaban J connectivity index is 2.04. The van der Waals surface area contributed by atoms with Crippen molar-refractivity contribution in [3.63, 3.8) is 0 Å². The maximum absolute atomic E-state index is 12.0. The molecule has 7 nitrogen and oxygen atoms in total. The standard InChI is InChI=1S/C15H8Cl4N2O5/c16-8-2-1-7(5-11(8)21(24)25)20-12(22)6-26-15(23)13-9(17)3-4-10(18)14(13)19/h1-5H,6H2,(H,20,22). The van der Waals surface area contributed by atoms with Crippen LogP contribution in [0.15, 0.2) is 30.3 Å². The third kappa shape index (κ3) is 4.76. The molecule has 26 heavy (non-hydrogen) atoms. The lowest BCUT2D eigenvalue weighted by Crippen LogP contribution is -2.21. The second kappa shape index (κ2) is 8.55. The van der Waals surface area contributed by atoms with Crippen LogP contribution in [0, 0.1) is 10.1 Å². The van der Waals surface area contributed by atoms with Gasteiger partial charge in [0.1, 0.15) is 5.02 Å². The summed E-state index contributed by atoms with van der Waals surface area (Å²) in [6, 6.07) is 6.46. The van der Waals surface area contributed by atoms with E-state index >= 15 is 0 Å². The largest absolute Gasteiger partial charge is 0.452 e. The van der Waals surface area contributed by atoms with Gasteiger partial charge in [-0.15, -0.1) is 0 Å². The first-order valence-corrected chi connectivity index (χ1v) is 8.26. The number of carbonyl (C=O) groups excluding carboxylic acids is 2. The molecule has 0 fully saturated rings. The Kier molecular flexibility index (Phi) is 6.66. The van der Waals surface area contributed by atoms with E-state index in [1.807, 2.05) is 0 Å². The first kappa shape index (κ1) is 20.3. The molecule has 0 heterocycles. The van der Waals surface area contributed by atoms with Gasteiger partial charge in [0.15, 0.2) is 6.61 Å². The van der Waals surface area contributed by atoms with Crippen LogP contribution >= 0.6 is 46.4 Å². The van der Waals surface area contributed by atoms with Gasteiger partial charge in [0.05, 0.1) is 25.6 Å². The molecule has 136 valence electrons. The van der Waals surface area contributed by atoms with Crippen LogP contribution in [0.25, 0.3) is 0 Å². The topological polar surface area (TPSA) is 98.5 Å². The highest BCUT2D eigenvalue weighted by Crippen LogP contribution is 2.32. The van der Waals surface area contributed by atoms with E-state index in [0.29, 0.717) is 0 Å². The van der Waals surface area contributed by atoms with Gasteiger partial charge in [-0.05, 0) is 24.3 Å². The third-order valence-corrected chi connectivity index (χ3v) is 4.45. The SMILES string of the molecule is O=C(COC(=O)c1c(Cl)ccc(Cl)c1Cl)Nc1ccc(Cl)c([N+](=O)[O-])c1. The summed E-state index contributed by atoms with van der Waals surface area (Å²) in [5, 5.41) is 13.1. The molecule has 2 aromatic rings. The number of amides is 1. The highest BCUT2D eigenvalue weighted by molar-refractivity contribution is 6.46. The van der Waals surface area contributed by atoms with Crippen LogP contribution in [0.1, 0.15) is 10.4 Å². The van der Waals surface area contributed by atoms with Gasteiger partial charge in [0.2, 0.25) is 0 Å². The first-order chi connectivity index (χ1) is 12.2. The van der Waals surface area contributed by atoms with Crippen molar-refractivity contribution in [1.29, 1.82) is 0 Å². The summed E-state index contributed by atoms with van der Waals surface area (Å²) in [5.41, 5.74) is -0.435. The zero-order valence-electron chi connectivity index (χ0n) is 12.6. The molecule has 0 bridgehead atoms. The molecule has 0 unspecified atom stereocenters. The number of carbonyl (C=O) groups is 2. The summed E-state index contributed by atoms with van der Waals surface area (Å²) in [6.45, 7) is -0.672.